The largest absolute Gasteiger partial charge is 0.466 e. The molecule has 0 aromatic carbocycles. The highest BCUT2D eigenvalue weighted by molar-refractivity contribution is 5.65. The van der Waals surface area contributed by atoms with Gasteiger partial charge in [-0.15, -0.1) is 0 Å². The zero-order valence-electron chi connectivity index (χ0n) is 8.72. The van der Waals surface area contributed by atoms with Crippen molar-refractivity contribution in [2.75, 3.05) is 6.61 Å². The summed E-state index contributed by atoms with van der Waals surface area (Å²) in [4.78, 5) is 10.6. The Morgan fingerprint density at radius 2 is 2.15 bits per heavy atom. The van der Waals surface area contributed by atoms with E-state index >= 15 is 0 Å². The minimum atomic E-state index is -0.163. The third kappa shape index (κ3) is 3.21. The van der Waals surface area contributed by atoms with Gasteiger partial charge in [-0.2, -0.15) is 0 Å². The van der Waals surface area contributed by atoms with Crippen molar-refractivity contribution in [2.24, 2.45) is 5.92 Å². The van der Waals surface area contributed by atoms with Gasteiger partial charge in [0.1, 0.15) is 0 Å². The summed E-state index contributed by atoms with van der Waals surface area (Å²) in [6.07, 6.45) is 3.42. The first kappa shape index (κ1) is 10.3. The first-order valence-corrected chi connectivity index (χ1v) is 4.88. The van der Waals surface area contributed by atoms with Crippen molar-refractivity contribution in [2.45, 2.75) is 40.0 Å². The predicted molar refractivity (Wildman–Crippen MR) is 52.3 cm³/mol. The molecule has 0 saturated carbocycles. The lowest BCUT2D eigenvalue weighted by Gasteiger charge is -2.23. The van der Waals surface area contributed by atoms with Gasteiger partial charge < -0.3 is 4.74 Å². The average molecular weight is 182 g/mol. The van der Waals surface area contributed by atoms with Crippen molar-refractivity contribution in [3.05, 3.63) is 11.1 Å². The fraction of sp³-hybridized carbons (Fsp3) is 0.727. The van der Waals surface area contributed by atoms with Crippen LogP contribution >= 0.6 is 0 Å². The van der Waals surface area contributed by atoms with Crippen LogP contribution in [0.5, 0.6) is 0 Å². The van der Waals surface area contributed by atoms with Gasteiger partial charge in [0.15, 0.2) is 0 Å². The smallest absolute Gasteiger partial charge is 0.302 e. The number of rotatable bonds is 2. The molecule has 1 atom stereocenters. The van der Waals surface area contributed by atoms with Crippen molar-refractivity contribution in [3.63, 3.8) is 0 Å². The topological polar surface area (TPSA) is 26.3 Å². The Morgan fingerprint density at radius 3 is 2.69 bits per heavy atom. The van der Waals surface area contributed by atoms with Gasteiger partial charge in [0, 0.05) is 6.92 Å². The van der Waals surface area contributed by atoms with E-state index in [0.717, 1.165) is 19.3 Å². The summed E-state index contributed by atoms with van der Waals surface area (Å²) in [7, 11) is 0. The van der Waals surface area contributed by atoms with Crippen LogP contribution in [-0.4, -0.2) is 12.6 Å². The highest BCUT2D eigenvalue weighted by atomic mass is 16.5. The summed E-state index contributed by atoms with van der Waals surface area (Å²) in [6.45, 7) is 6.43. The number of hydrogen-bond acceptors (Lipinski definition) is 2. The molecule has 0 unspecified atom stereocenters. The molecular weight excluding hydrogens is 164 g/mol. The minimum absolute atomic E-state index is 0.163. The molecule has 2 heteroatoms. The summed E-state index contributed by atoms with van der Waals surface area (Å²) < 4.78 is 5.00. The number of hydrogen-bond donors (Lipinski definition) is 0. The molecular formula is C11H18O2. The number of carbonyl (C=O) groups is 1. The molecule has 1 aliphatic rings. The van der Waals surface area contributed by atoms with Crippen LogP contribution in [0, 0.1) is 5.92 Å². The Labute approximate surface area is 80.0 Å². The SMILES string of the molecule is CC(=O)OC[C@H]1CCC(C)=C(C)C1. The van der Waals surface area contributed by atoms with Gasteiger partial charge >= 0.3 is 5.97 Å². The number of esters is 1. The van der Waals surface area contributed by atoms with Crippen LogP contribution < -0.4 is 0 Å². The molecule has 13 heavy (non-hydrogen) atoms. The molecule has 2 nitrogen and oxygen atoms in total. The molecule has 74 valence electrons. The Balaban J connectivity index is 2.36. The number of allylic oxidation sites excluding steroid dienone is 2. The maximum atomic E-state index is 10.6. The van der Waals surface area contributed by atoms with Crippen LogP contribution in [-0.2, 0) is 9.53 Å². The maximum Gasteiger partial charge on any atom is 0.302 e. The lowest BCUT2D eigenvalue weighted by molar-refractivity contribution is -0.142. The van der Waals surface area contributed by atoms with Crippen molar-refractivity contribution in [1.29, 1.82) is 0 Å². The van der Waals surface area contributed by atoms with Crippen LogP contribution in [0.1, 0.15) is 40.0 Å². The van der Waals surface area contributed by atoms with E-state index in [9.17, 15) is 4.79 Å². The molecule has 0 bridgehead atoms. The van der Waals surface area contributed by atoms with Crippen LogP contribution in [0.3, 0.4) is 0 Å². The summed E-state index contributed by atoms with van der Waals surface area (Å²) >= 11 is 0. The van der Waals surface area contributed by atoms with Crippen molar-refractivity contribution in [3.8, 4) is 0 Å². The van der Waals surface area contributed by atoms with Gasteiger partial charge in [-0.05, 0) is 39.0 Å². The number of carbonyl (C=O) groups excluding carboxylic acids is 1. The fourth-order valence-corrected chi connectivity index (χ4v) is 1.72. The molecule has 1 rings (SSSR count). The quantitative estimate of drug-likeness (QED) is 0.485. The first-order chi connectivity index (χ1) is 6.09. The van der Waals surface area contributed by atoms with Gasteiger partial charge in [-0.1, -0.05) is 11.1 Å². The molecule has 1 aliphatic carbocycles. The summed E-state index contributed by atoms with van der Waals surface area (Å²) in [6, 6.07) is 0. The Bertz CT molecular complexity index is 228. The molecule has 0 spiro atoms. The third-order valence-corrected chi connectivity index (χ3v) is 2.77. The molecule has 0 amide bonds. The van der Waals surface area contributed by atoms with E-state index in [-0.39, 0.29) is 5.97 Å². The first-order valence-electron chi connectivity index (χ1n) is 4.88. The second-order valence-corrected chi connectivity index (χ2v) is 3.97. The van der Waals surface area contributed by atoms with E-state index in [2.05, 4.69) is 13.8 Å². The molecule has 0 heterocycles. The summed E-state index contributed by atoms with van der Waals surface area (Å²) in [5.74, 6) is 0.386. The van der Waals surface area contributed by atoms with E-state index in [1.807, 2.05) is 0 Å². The highest BCUT2D eigenvalue weighted by Gasteiger charge is 2.17. The van der Waals surface area contributed by atoms with E-state index in [0.29, 0.717) is 12.5 Å². The molecule has 0 aromatic rings. The predicted octanol–water partition coefficient (Wildman–Crippen LogP) is 2.69. The van der Waals surface area contributed by atoms with Crippen LogP contribution in [0.2, 0.25) is 0 Å². The van der Waals surface area contributed by atoms with E-state index in [1.54, 1.807) is 0 Å². The van der Waals surface area contributed by atoms with Crippen molar-refractivity contribution < 1.29 is 9.53 Å². The standard InChI is InChI=1S/C11H18O2/c1-8-4-5-11(6-9(8)2)7-13-10(3)12/h11H,4-7H2,1-3H3/t11-/m0/s1. The van der Waals surface area contributed by atoms with Gasteiger partial charge in [-0.25, -0.2) is 0 Å². The van der Waals surface area contributed by atoms with Crippen LogP contribution in [0.15, 0.2) is 11.1 Å². The Kier molecular flexibility index (Phi) is 3.52. The monoisotopic (exact) mass is 182 g/mol. The zero-order valence-corrected chi connectivity index (χ0v) is 8.72. The van der Waals surface area contributed by atoms with Crippen molar-refractivity contribution in [1.82, 2.24) is 0 Å². The second kappa shape index (κ2) is 4.45. The zero-order chi connectivity index (χ0) is 9.84. The number of ether oxygens (including phenoxy) is 1. The average Bonchev–Trinajstić information content (AvgIpc) is 2.07. The molecule has 0 fully saturated rings. The third-order valence-electron chi connectivity index (χ3n) is 2.77. The lowest BCUT2D eigenvalue weighted by Crippen LogP contribution is -2.16. The van der Waals surface area contributed by atoms with Gasteiger partial charge in [0.25, 0.3) is 0 Å². The molecule has 0 aliphatic heterocycles. The molecule has 0 saturated heterocycles. The summed E-state index contributed by atoms with van der Waals surface area (Å²) in [5, 5.41) is 0. The maximum absolute atomic E-state index is 10.6. The van der Waals surface area contributed by atoms with Gasteiger partial charge in [0.05, 0.1) is 6.61 Å². The molecule has 0 N–H and O–H groups in total. The van der Waals surface area contributed by atoms with E-state index in [1.165, 1.54) is 18.1 Å². The van der Waals surface area contributed by atoms with Gasteiger partial charge in [0.2, 0.25) is 0 Å². The van der Waals surface area contributed by atoms with Crippen LogP contribution in [0.25, 0.3) is 0 Å². The normalized spacial score (nSPS) is 23.2. The van der Waals surface area contributed by atoms with E-state index in [4.69, 9.17) is 4.74 Å². The Hall–Kier alpha value is -0.790. The van der Waals surface area contributed by atoms with Crippen molar-refractivity contribution >= 4 is 5.97 Å². The van der Waals surface area contributed by atoms with Gasteiger partial charge in [-0.3, -0.25) is 4.79 Å². The summed E-state index contributed by atoms with van der Waals surface area (Å²) in [5.41, 5.74) is 2.99. The van der Waals surface area contributed by atoms with Crippen LogP contribution in [0.4, 0.5) is 0 Å². The highest BCUT2D eigenvalue weighted by Crippen LogP contribution is 2.28. The minimum Gasteiger partial charge on any atom is -0.466 e. The van der Waals surface area contributed by atoms with E-state index < -0.39 is 0 Å². The Morgan fingerprint density at radius 1 is 1.46 bits per heavy atom. The second-order valence-electron chi connectivity index (χ2n) is 3.97. The molecule has 0 radical (unpaired) electrons. The molecule has 0 aromatic heterocycles. The fourth-order valence-electron chi connectivity index (χ4n) is 1.72. The lowest BCUT2D eigenvalue weighted by atomic mass is 9.86.